The number of carbonyl (C=O) groups excluding carboxylic acids is 3. The summed E-state index contributed by atoms with van der Waals surface area (Å²) in [5, 5.41) is 16.3. The second-order valence-electron chi connectivity index (χ2n) is 10.8. The molecule has 10 nitrogen and oxygen atoms in total. The van der Waals surface area contributed by atoms with Gasteiger partial charge in [0.05, 0.1) is 6.04 Å². The zero-order valence-electron chi connectivity index (χ0n) is 23.5. The normalized spacial score (nSPS) is 17.9. The van der Waals surface area contributed by atoms with Crippen LogP contribution in [-0.2, 0) is 32.0 Å². The smallest absolute Gasteiger partial charge is 0.326 e. The lowest BCUT2D eigenvalue weighted by molar-refractivity contribution is -0.145. The summed E-state index contributed by atoms with van der Waals surface area (Å²) in [5.74, 6) is -2.67. The van der Waals surface area contributed by atoms with Crippen molar-refractivity contribution in [3.63, 3.8) is 0 Å². The number of aromatic amines is 1. The first-order chi connectivity index (χ1) is 19.7. The molecule has 1 saturated heterocycles. The summed E-state index contributed by atoms with van der Waals surface area (Å²) in [6, 6.07) is 13.3. The van der Waals surface area contributed by atoms with Crippen LogP contribution in [0.3, 0.4) is 0 Å². The van der Waals surface area contributed by atoms with Crippen molar-refractivity contribution in [3.05, 3.63) is 71.9 Å². The van der Waals surface area contributed by atoms with E-state index in [2.05, 4.69) is 15.6 Å². The summed E-state index contributed by atoms with van der Waals surface area (Å²) in [7, 11) is 0. The Morgan fingerprint density at radius 3 is 2.46 bits per heavy atom. The highest BCUT2D eigenvalue weighted by atomic mass is 16.4. The highest BCUT2D eigenvalue weighted by Gasteiger charge is 2.40. The lowest BCUT2D eigenvalue weighted by atomic mass is 9.96. The molecule has 1 fully saturated rings. The van der Waals surface area contributed by atoms with Crippen LogP contribution in [0.4, 0.5) is 0 Å². The number of hydrogen-bond donors (Lipinski definition) is 5. The molecule has 218 valence electrons. The Kier molecular flexibility index (Phi) is 9.78. The van der Waals surface area contributed by atoms with Gasteiger partial charge in [-0.2, -0.15) is 0 Å². The highest BCUT2D eigenvalue weighted by Crippen LogP contribution is 2.23. The largest absolute Gasteiger partial charge is 0.480 e. The van der Waals surface area contributed by atoms with Gasteiger partial charge in [-0.1, -0.05) is 68.8 Å². The molecule has 4 rings (SSSR count). The van der Waals surface area contributed by atoms with Crippen LogP contribution in [0.2, 0.25) is 0 Å². The van der Waals surface area contributed by atoms with Crippen LogP contribution in [0.25, 0.3) is 10.9 Å². The van der Waals surface area contributed by atoms with Crippen LogP contribution < -0.4 is 16.4 Å². The molecule has 0 spiro atoms. The van der Waals surface area contributed by atoms with E-state index in [9.17, 15) is 24.3 Å². The number of H-pyrrole nitrogens is 1. The second-order valence-corrected chi connectivity index (χ2v) is 10.8. The molecular weight excluding hydrogens is 522 g/mol. The van der Waals surface area contributed by atoms with Gasteiger partial charge in [0, 0.05) is 30.1 Å². The SMILES string of the molecule is CCC(C)C(NC(=O)C(N)Cc1ccccc1)C(=O)N1CCCC1C(=O)NC(Cc1c[nH]c2ccccc12)C(=O)O. The van der Waals surface area contributed by atoms with Gasteiger partial charge in [-0.15, -0.1) is 0 Å². The number of carboxylic acid groups (broad SMARTS) is 1. The van der Waals surface area contributed by atoms with Gasteiger partial charge in [0.15, 0.2) is 0 Å². The Morgan fingerprint density at radius 2 is 1.76 bits per heavy atom. The minimum Gasteiger partial charge on any atom is -0.480 e. The van der Waals surface area contributed by atoms with Crippen molar-refractivity contribution in [3.8, 4) is 0 Å². The van der Waals surface area contributed by atoms with E-state index in [1.165, 1.54) is 4.90 Å². The van der Waals surface area contributed by atoms with Gasteiger partial charge in [0.2, 0.25) is 17.7 Å². The molecule has 0 aliphatic carbocycles. The number of nitrogens with two attached hydrogens (primary N) is 1. The predicted molar refractivity (Wildman–Crippen MR) is 156 cm³/mol. The van der Waals surface area contributed by atoms with Crippen molar-refractivity contribution in [1.82, 2.24) is 20.5 Å². The fraction of sp³-hybridized carbons (Fsp3) is 0.419. The number of para-hydroxylation sites is 1. The number of nitrogens with zero attached hydrogens (tertiary/aromatic N) is 1. The van der Waals surface area contributed by atoms with Crippen LogP contribution in [0.5, 0.6) is 0 Å². The number of fused-ring (bicyclic) bond motifs is 1. The van der Waals surface area contributed by atoms with Crippen molar-refractivity contribution in [1.29, 1.82) is 0 Å². The molecule has 3 aromatic rings. The minimum atomic E-state index is -1.17. The summed E-state index contributed by atoms with van der Waals surface area (Å²) in [4.78, 5) is 56.9. The first kappa shape index (κ1) is 29.8. The Morgan fingerprint density at radius 1 is 1.05 bits per heavy atom. The number of aliphatic carboxylic acids is 1. The summed E-state index contributed by atoms with van der Waals surface area (Å²) in [6.45, 7) is 4.14. The lowest BCUT2D eigenvalue weighted by Crippen LogP contribution is -2.58. The molecular formula is C31H39N5O5. The van der Waals surface area contributed by atoms with Crippen molar-refractivity contribution >= 4 is 34.6 Å². The third kappa shape index (κ3) is 7.13. The van der Waals surface area contributed by atoms with Crippen molar-refractivity contribution < 1.29 is 24.3 Å². The van der Waals surface area contributed by atoms with Crippen molar-refractivity contribution in [2.45, 2.75) is 70.1 Å². The first-order valence-corrected chi connectivity index (χ1v) is 14.2. The summed E-state index contributed by atoms with van der Waals surface area (Å²) < 4.78 is 0. The van der Waals surface area contributed by atoms with E-state index < -0.39 is 42.0 Å². The standard InChI is InChI=1S/C31H39N5O5/c1-3-19(2)27(35-28(37)23(32)16-20-10-5-4-6-11-20)30(39)36-15-9-14-26(36)29(38)34-25(31(40)41)17-21-18-33-24-13-8-7-12-22(21)24/h4-8,10-13,18-19,23,25-27,33H,3,9,14-17,32H2,1-2H3,(H,34,38)(H,35,37)(H,40,41). The number of benzene rings is 2. The maximum absolute atomic E-state index is 13.8. The molecule has 1 aliphatic rings. The molecule has 5 unspecified atom stereocenters. The average molecular weight is 562 g/mol. The third-order valence-corrected chi connectivity index (χ3v) is 7.96. The zero-order valence-corrected chi connectivity index (χ0v) is 23.5. The quantitative estimate of drug-likeness (QED) is 0.228. The Bertz CT molecular complexity index is 1370. The molecule has 6 N–H and O–H groups in total. The van der Waals surface area contributed by atoms with Gasteiger partial charge in [-0.25, -0.2) is 4.79 Å². The van der Waals surface area contributed by atoms with Crippen LogP contribution in [0, 0.1) is 5.92 Å². The van der Waals surface area contributed by atoms with E-state index >= 15 is 0 Å². The Hall–Kier alpha value is -4.18. The van der Waals surface area contributed by atoms with Gasteiger partial charge in [0.1, 0.15) is 18.1 Å². The minimum absolute atomic E-state index is 0.0939. The third-order valence-electron chi connectivity index (χ3n) is 7.96. The molecule has 2 heterocycles. The van der Waals surface area contributed by atoms with Crippen LogP contribution in [0.15, 0.2) is 60.8 Å². The number of aromatic nitrogens is 1. The Labute approximate surface area is 239 Å². The number of nitrogens with one attached hydrogen (secondary N) is 3. The maximum atomic E-state index is 13.8. The monoisotopic (exact) mass is 561 g/mol. The van der Waals surface area contributed by atoms with Crippen molar-refractivity contribution in [2.24, 2.45) is 11.7 Å². The van der Waals surface area contributed by atoms with Crippen LogP contribution in [-0.4, -0.2) is 69.4 Å². The van der Waals surface area contributed by atoms with E-state index in [-0.39, 0.29) is 18.2 Å². The van der Waals surface area contributed by atoms with Gasteiger partial charge >= 0.3 is 5.97 Å². The molecule has 1 aliphatic heterocycles. The molecule has 3 amide bonds. The fourth-order valence-corrected chi connectivity index (χ4v) is 5.37. The van der Waals surface area contributed by atoms with Gasteiger partial charge < -0.3 is 31.4 Å². The number of rotatable bonds is 12. The predicted octanol–water partition coefficient (Wildman–Crippen LogP) is 2.37. The van der Waals surface area contributed by atoms with E-state index in [1.807, 2.05) is 68.4 Å². The molecule has 0 radical (unpaired) electrons. The van der Waals surface area contributed by atoms with Gasteiger partial charge in [-0.3, -0.25) is 14.4 Å². The maximum Gasteiger partial charge on any atom is 0.326 e. The Balaban J connectivity index is 1.44. The molecule has 5 atom stereocenters. The molecule has 1 aromatic heterocycles. The van der Waals surface area contributed by atoms with Crippen LogP contribution in [0.1, 0.15) is 44.2 Å². The number of carboxylic acids is 1. The summed E-state index contributed by atoms with van der Waals surface area (Å²) in [5.41, 5.74) is 8.76. The van der Waals surface area contributed by atoms with Crippen molar-refractivity contribution in [2.75, 3.05) is 6.54 Å². The second kappa shape index (κ2) is 13.5. The first-order valence-electron chi connectivity index (χ1n) is 14.2. The van der Waals surface area contributed by atoms with E-state index in [4.69, 9.17) is 5.73 Å². The van der Waals surface area contributed by atoms with Gasteiger partial charge in [0.25, 0.3) is 0 Å². The average Bonchev–Trinajstić information content (AvgIpc) is 3.63. The number of carbonyl (C=O) groups is 4. The number of hydrogen-bond acceptors (Lipinski definition) is 5. The van der Waals surface area contributed by atoms with E-state index in [0.29, 0.717) is 32.2 Å². The fourth-order valence-electron chi connectivity index (χ4n) is 5.37. The number of amides is 3. The molecule has 10 heteroatoms. The topological polar surface area (TPSA) is 158 Å². The van der Waals surface area contributed by atoms with E-state index in [1.54, 1.807) is 6.20 Å². The van der Waals surface area contributed by atoms with Gasteiger partial charge in [-0.05, 0) is 42.4 Å². The van der Waals surface area contributed by atoms with E-state index in [0.717, 1.165) is 22.0 Å². The van der Waals surface area contributed by atoms with Crippen LogP contribution >= 0.6 is 0 Å². The highest BCUT2D eigenvalue weighted by molar-refractivity contribution is 5.95. The zero-order chi connectivity index (χ0) is 29.5. The molecule has 0 bridgehead atoms. The lowest BCUT2D eigenvalue weighted by Gasteiger charge is -2.32. The summed E-state index contributed by atoms with van der Waals surface area (Å²) >= 11 is 0. The molecule has 41 heavy (non-hydrogen) atoms. The molecule has 0 saturated carbocycles. The summed E-state index contributed by atoms with van der Waals surface area (Å²) in [6.07, 6.45) is 3.80. The number of likely N-dealkylation sites (tertiary alicyclic amines) is 1. The molecule has 2 aromatic carbocycles.